The fraction of sp³-hybridized carbons (Fsp3) is 0.393. The van der Waals surface area contributed by atoms with Gasteiger partial charge >= 0.3 is 0 Å². The van der Waals surface area contributed by atoms with Crippen molar-refractivity contribution in [3.8, 4) is 11.3 Å². The number of benzene rings is 2. The molecule has 2 heterocycles. The molecule has 2 aromatic carbocycles. The summed E-state index contributed by atoms with van der Waals surface area (Å²) in [7, 11) is 0. The van der Waals surface area contributed by atoms with Crippen molar-refractivity contribution in [1.29, 1.82) is 0 Å². The molecule has 1 atom stereocenters. The van der Waals surface area contributed by atoms with Crippen LogP contribution in [0.5, 0.6) is 0 Å². The van der Waals surface area contributed by atoms with Crippen molar-refractivity contribution in [3.63, 3.8) is 0 Å². The topological polar surface area (TPSA) is 57.6 Å². The predicted molar refractivity (Wildman–Crippen MR) is 137 cm³/mol. The second-order valence-electron chi connectivity index (χ2n) is 9.25. The largest absolute Gasteiger partial charge is 0.300 e. The van der Waals surface area contributed by atoms with E-state index in [1.54, 1.807) is 0 Å². The van der Waals surface area contributed by atoms with E-state index in [-0.39, 0.29) is 5.91 Å². The van der Waals surface area contributed by atoms with Crippen molar-refractivity contribution in [1.82, 2.24) is 15.3 Å². The Morgan fingerprint density at radius 2 is 1.76 bits per heavy atom. The average Bonchev–Trinajstić information content (AvgIpc) is 2.86. The molecule has 0 spiro atoms. The summed E-state index contributed by atoms with van der Waals surface area (Å²) in [6, 6.07) is 18.7. The molecule has 4 rings (SSSR count). The molecule has 1 N–H and O–H groups in total. The number of rotatable bonds is 6. The summed E-state index contributed by atoms with van der Waals surface area (Å²) in [6.45, 7) is 10.8. The molecule has 0 radical (unpaired) electrons. The third-order valence-corrected chi connectivity index (χ3v) is 6.77. The fourth-order valence-corrected chi connectivity index (χ4v) is 4.33. The summed E-state index contributed by atoms with van der Waals surface area (Å²) in [6.07, 6.45) is 2.89. The maximum absolute atomic E-state index is 13.2. The Labute approximate surface area is 196 Å². The van der Waals surface area contributed by atoms with Crippen LogP contribution in [0.3, 0.4) is 0 Å². The summed E-state index contributed by atoms with van der Waals surface area (Å²) >= 11 is 0. The minimum absolute atomic E-state index is 0.190. The number of hydrazone groups is 1. The first-order chi connectivity index (χ1) is 16.0. The van der Waals surface area contributed by atoms with E-state index in [1.165, 1.54) is 5.56 Å². The number of carbonyl (C=O) groups is 1. The number of carbonyl (C=O) groups excluding carboxylic acids is 1. The van der Waals surface area contributed by atoms with Crippen LogP contribution in [-0.4, -0.2) is 40.6 Å². The Balaban J connectivity index is 1.59. The summed E-state index contributed by atoms with van der Waals surface area (Å²) in [5.74, 6) is 0.335. The molecule has 0 bridgehead atoms. The van der Waals surface area contributed by atoms with Gasteiger partial charge in [0.2, 0.25) is 0 Å². The van der Waals surface area contributed by atoms with E-state index >= 15 is 0 Å². The highest BCUT2D eigenvalue weighted by Gasteiger charge is 2.18. The first-order valence-electron chi connectivity index (χ1n) is 12.1. The van der Waals surface area contributed by atoms with Gasteiger partial charge in [-0.05, 0) is 43.9 Å². The minimum Gasteiger partial charge on any atom is -0.300 e. The standard InChI is InChI=1S/C28H34N4O/c1-5-20(4)21-10-12-22(13-11-21)27-18-25(24-8-6-7-9-26(24)29-27)28(33)31-30-23-14-16-32(17-15-23)19(2)3/h6-13,18-20H,5,14-17H2,1-4H3,(H,31,33)/t20-/m1/s1. The lowest BCUT2D eigenvalue weighted by Crippen LogP contribution is -2.39. The quantitative estimate of drug-likeness (QED) is 0.476. The number of hydrogen-bond acceptors (Lipinski definition) is 4. The van der Waals surface area contributed by atoms with Crippen LogP contribution in [-0.2, 0) is 0 Å². The number of likely N-dealkylation sites (tertiary alicyclic amines) is 1. The monoisotopic (exact) mass is 442 g/mol. The fourth-order valence-electron chi connectivity index (χ4n) is 4.33. The normalized spacial score (nSPS) is 15.6. The van der Waals surface area contributed by atoms with E-state index in [0.29, 0.717) is 17.5 Å². The Bertz CT molecular complexity index is 1140. The molecule has 5 heteroatoms. The van der Waals surface area contributed by atoms with E-state index in [0.717, 1.165) is 60.2 Å². The molecular weight excluding hydrogens is 408 g/mol. The maximum atomic E-state index is 13.2. The summed E-state index contributed by atoms with van der Waals surface area (Å²) in [5, 5.41) is 5.31. The summed E-state index contributed by atoms with van der Waals surface area (Å²) < 4.78 is 0. The average molecular weight is 443 g/mol. The summed E-state index contributed by atoms with van der Waals surface area (Å²) in [5.41, 5.74) is 8.41. The number of amides is 1. The molecule has 0 unspecified atom stereocenters. The number of aromatic nitrogens is 1. The number of nitrogens with one attached hydrogen (secondary N) is 1. The van der Waals surface area contributed by atoms with Crippen LogP contribution < -0.4 is 5.43 Å². The molecule has 3 aromatic rings. The molecule has 0 aliphatic carbocycles. The van der Waals surface area contributed by atoms with Crippen LogP contribution in [0, 0.1) is 0 Å². The number of hydrogen-bond donors (Lipinski definition) is 1. The molecule has 172 valence electrons. The lowest BCUT2D eigenvalue weighted by molar-refractivity contribution is 0.0956. The Hall–Kier alpha value is -3.05. The molecule has 0 saturated carbocycles. The van der Waals surface area contributed by atoms with Gasteiger partial charge < -0.3 is 4.90 Å². The van der Waals surface area contributed by atoms with E-state index in [9.17, 15) is 4.79 Å². The van der Waals surface area contributed by atoms with Crippen molar-refractivity contribution >= 4 is 22.5 Å². The van der Waals surface area contributed by atoms with E-state index < -0.39 is 0 Å². The van der Waals surface area contributed by atoms with Crippen LogP contribution in [0.25, 0.3) is 22.2 Å². The van der Waals surface area contributed by atoms with Crippen LogP contribution in [0.4, 0.5) is 0 Å². The Morgan fingerprint density at radius 1 is 1.06 bits per heavy atom. The zero-order chi connectivity index (χ0) is 23.4. The van der Waals surface area contributed by atoms with Crippen molar-refractivity contribution in [3.05, 3.63) is 65.7 Å². The number of para-hydroxylation sites is 1. The first-order valence-corrected chi connectivity index (χ1v) is 12.1. The number of fused-ring (bicyclic) bond motifs is 1. The number of pyridine rings is 1. The second kappa shape index (κ2) is 10.3. The zero-order valence-corrected chi connectivity index (χ0v) is 20.1. The van der Waals surface area contributed by atoms with Gasteiger partial charge in [-0.1, -0.05) is 56.3 Å². The van der Waals surface area contributed by atoms with Crippen LogP contribution in [0.2, 0.25) is 0 Å². The van der Waals surface area contributed by atoms with Gasteiger partial charge in [-0.25, -0.2) is 10.4 Å². The lowest BCUT2D eigenvalue weighted by atomic mass is 9.96. The maximum Gasteiger partial charge on any atom is 0.272 e. The van der Waals surface area contributed by atoms with Crippen molar-refractivity contribution < 1.29 is 4.79 Å². The van der Waals surface area contributed by atoms with Gasteiger partial charge in [0.15, 0.2) is 0 Å². The molecular formula is C28H34N4O. The molecule has 1 fully saturated rings. The zero-order valence-electron chi connectivity index (χ0n) is 20.1. The van der Waals surface area contributed by atoms with Gasteiger partial charge in [-0.3, -0.25) is 4.79 Å². The van der Waals surface area contributed by atoms with Gasteiger partial charge in [0, 0.05) is 48.6 Å². The molecule has 1 aromatic heterocycles. The number of piperidine rings is 1. The van der Waals surface area contributed by atoms with Crippen molar-refractivity contribution in [2.75, 3.05) is 13.1 Å². The van der Waals surface area contributed by atoms with Crippen LogP contribution >= 0.6 is 0 Å². The number of nitrogens with zero attached hydrogens (tertiary/aromatic N) is 3. The SMILES string of the molecule is CC[C@@H](C)c1ccc(-c2cc(C(=O)NN=C3CCN(C(C)C)CC3)c3ccccc3n2)cc1. The molecule has 1 aliphatic heterocycles. The van der Waals surface area contributed by atoms with Crippen LogP contribution in [0.1, 0.15) is 68.8 Å². The van der Waals surface area contributed by atoms with Gasteiger partial charge in [0.1, 0.15) is 0 Å². The van der Waals surface area contributed by atoms with E-state index in [1.807, 2.05) is 30.3 Å². The third-order valence-electron chi connectivity index (χ3n) is 6.77. The molecule has 1 saturated heterocycles. The third kappa shape index (κ3) is 5.31. The second-order valence-corrected chi connectivity index (χ2v) is 9.25. The van der Waals surface area contributed by atoms with Crippen molar-refractivity contribution in [2.45, 2.75) is 58.9 Å². The Morgan fingerprint density at radius 3 is 2.42 bits per heavy atom. The predicted octanol–water partition coefficient (Wildman–Crippen LogP) is 6.01. The van der Waals surface area contributed by atoms with Crippen LogP contribution in [0.15, 0.2) is 59.7 Å². The van der Waals surface area contributed by atoms with Gasteiger partial charge in [-0.2, -0.15) is 5.10 Å². The summed E-state index contributed by atoms with van der Waals surface area (Å²) in [4.78, 5) is 20.5. The molecule has 1 aliphatic rings. The lowest BCUT2D eigenvalue weighted by Gasteiger charge is -2.30. The van der Waals surface area contributed by atoms with E-state index in [2.05, 4.69) is 67.4 Å². The Kier molecular flexibility index (Phi) is 7.19. The minimum atomic E-state index is -0.190. The first kappa shape index (κ1) is 23.1. The van der Waals surface area contributed by atoms with Gasteiger partial charge in [0.25, 0.3) is 5.91 Å². The highest BCUT2D eigenvalue weighted by Crippen LogP contribution is 2.27. The highest BCUT2D eigenvalue weighted by atomic mass is 16.2. The molecule has 33 heavy (non-hydrogen) atoms. The van der Waals surface area contributed by atoms with Crippen molar-refractivity contribution in [2.24, 2.45) is 5.10 Å². The van der Waals surface area contributed by atoms with Gasteiger partial charge in [-0.15, -0.1) is 0 Å². The van der Waals surface area contributed by atoms with Gasteiger partial charge in [0.05, 0.1) is 16.8 Å². The smallest absolute Gasteiger partial charge is 0.272 e. The molecule has 1 amide bonds. The molecule has 5 nitrogen and oxygen atoms in total. The van der Waals surface area contributed by atoms with E-state index in [4.69, 9.17) is 4.98 Å². The highest BCUT2D eigenvalue weighted by molar-refractivity contribution is 6.07.